The minimum atomic E-state index is -2.90. The topological polar surface area (TPSA) is 85.6 Å². The molecule has 1 N–H and O–H groups in total. The Morgan fingerprint density at radius 1 is 1.50 bits per heavy atom. The van der Waals surface area contributed by atoms with Crippen LogP contribution in [0.2, 0.25) is 0 Å². The first-order valence-corrected chi connectivity index (χ1v) is 7.52. The van der Waals surface area contributed by atoms with Crippen molar-refractivity contribution in [1.29, 1.82) is 0 Å². The van der Waals surface area contributed by atoms with Gasteiger partial charge in [0, 0.05) is 6.26 Å². The molecule has 0 spiro atoms. The molecule has 0 saturated carbocycles. The van der Waals surface area contributed by atoms with E-state index in [0.717, 1.165) is 0 Å². The minimum absolute atomic E-state index is 0.158. The highest BCUT2D eigenvalue weighted by atomic mass is 32.2. The van der Waals surface area contributed by atoms with Crippen molar-refractivity contribution in [2.75, 3.05) is 25.7 Å². The Morgan fingerprint density at radius 3 is 2.83 bits per heavy atom. The second-order valence-corrected chi connectivity index (χ2v) is 6.21. The van der Waals surface area contributed by atoms with E-state index in [-0.39, 0.29) is 5.75 Å². The summed E-state index contributed by atoms with van der Waals surface area (Å²) in [6.45, 7) is 1.02. The summed E-state index contributed by atoms with van der Waals surface area (Å²) >= 11 is 0. The molecule has 0 bridgehead atoms. The van der Waals surface area contributed by atoms with Crippen LogP contribution in [0.15, 0.2) is 16.7 Å². The maximum absolute atomic E-state index is 11.1. The Bertz CT molecular complexity index is 491. The number of hydrogen-bond acceptors (Lipinski definition) is 6. The Morgan fingerprint density at radius 2 is 2.22 bits per heavy atom. The first-order valence-electron chi connectivity index (χ1n) is 5.46. The lowest BCUT2D eigenvalue weighted by Gasteiger charge is -2.01. The molecule has 1 heterocycles. The summed E-state index contributed by atoms with van der Waals surface area (Å²) in [7, 11) is -1.60. The van der Waals surface area contributed by atoms with Gasteiger partial charge in [-0.25, -0.2) is 13.2 Å². The van der Waals surface area contributed by atoms with E-state index in [0.29, 0.717) is 30.8 Å². The SMILES string of the molecule is COC(=O)c1coc(CNCCCS(C)(=O)=O)c1. The van der Waals surface area contributed by atoms with Gasteiger partial charge in [0.05, 0.1) is 25.0 Å². The van der Waals surface area contributed by atoms with Gasteiger partial charge in [0.2, 0.25) is 0 Å². The molecule has 6 nitrogen and oxygen atoms in total. The molecule has 0 aliphatic rings. The van der Waals surface area contributed by atoms with Crippen LogP contribution in [0.5, 0.6) is 0 Å². The molecule has 0 aliphatic heterocycles. The van der Waals surface area contributed by atoms with Gasteiger partial charge in [-0.3, -0.25) is 0 Å². The summed E-state index contributed by atoms with van der Waals surface area (Å²) in [6.07, 6.45) is 3.09. The largest absolute Gasteiger partial charge is 0.467 e. The maximum atomic E-state index is 11.1. The molecule has 1 aromatic heterocycles. The normalized spacial score (nSPS) is 11.4. The Kier molecular flexibility index (Phi) is 5.36. The lowest BCUT2D eigenvalue weighted by atomic mass is 10.3. The fourth-order valence-corrected chi connectivity index (χ4v) is 2.04. The molecular formula is C11H17NO5S. The molecule has 0 radical (unpaired) electrons. The number of sulfone groups is 1. The zero-order valence-electron chi connectivity index (χ0n) is 10.4. The summed E-state index contributed by atoms with van der Waals surface area (Å²) < 4.78 is 31.5. The molecular weight excluding hydrogens is 258 g/mol. The van der Waals surface area contributed by atoms with Crippen molar-refractivity contribution >= 4 is 15.8 Å². The monoisotopic (exact) mass is 275 g/mol. The van der Waals surface area contributed by atoms with E-state index < -0.39 is 15.8 Å². The number of carbonyl (C=O) groups is 1. The van der Waals surface area contributed by atoms with Crippen LogP contribution in [-0.2, 0) is 21.1 Å². The van der Waals surface area contributed by atoms with Crippen molar-refractivity contribution < 1.29 is 22.4 Å². The van der Waals surface area contributed by atoms with Gasteiger partial charge in [-0.15, -0.1) is 0 Å². The number of esters is 1. The van der Waals surface area contributed by atoms with Crippen molar-refractivity contribution in [2.24, 2.45) is 0 Å². The van der Waals surface area contributed by atoms with E-state index in [2.05, 4.69) is 10.1 Å². The van der Waals surface area contributed by atoms with E-state index in [4.69, 9.17) is 4.42 Å². The van der Waals surface area contributed by atoms with E-state index in [1.807, 2.05) is 0 Å². The smallest absolute Gasteiger partial charge is 0.341 e. The quantitative estimate of drug-likeness (QED) is 0.579. The van der Waals surface area contributed by atoms with Gasteiger partial charge in [0.15, 0.2) is 0 Å². The molecule has 0 amide bonds. The number of hydrogen-bond donors (Lipinski definition) is 1. The fourth-order valence-electron chi connectivity index (χ4n) is 1.37. The van der Waals surface area contributed by atoms with Crippen molar-refractivity contribution in [1.82, 2.24) is 5.32 Å². The Balaban J connectivity index is 2.28. The summed E-state index contributed by atoms with van der Waals surface area (Å²) in [5, 5.41) is 3.03. The third kappa shape index (κ3) is 5.33. The summed E-state index contributed by atoms with van der Waals surface area (Å²) in [4.78, 5) is 11.1. The van der Waals surface area contributed by atoms with Gasteiger partial charge in [-0.05, 0) is 19.0 Å². The average Bonchev–Trinajstić information content (AvgIpc) is 2.75. The highest BCUT2D eigenvalue weighted by molar-refractivity contribution is 7.90. The standard InChI is InChI=1S/C11H17NO5S/c1-16-11(13)9-6-10(17-8-9)7-12-4-3-5-18(2,14)15/h6,8,12H,3-5,7H2,1-2H3. The number of carbonyl (C=O) groups excluding carboxylic acids is 1. The van der Waals surface area contributed by atoms with Crippen molar-refractivity contribution in [3.05, 3.63) is 23.7 Å². The second-order valence-electron chi connectivity index (χ2n) is 3.95. The number of nitrogens with one attached hydrogen (secondary N) is 1. The van der Waals surface area contributed by atoms with Gasteiger partial charge in [-0.1, -0.05) is 0 Å². The molecule has 0 aliphatic carbocycles. The third-order valence-electron chi connectivity index (χ3n) is 2.24. The van der Waals surface area contributed by atoms with E-state index in [9.17, 15) is 13.2 Å². The van der Waals surface area contributed by atoms with Crippen molar-refractivity contribution in [3.8, 4) is 0 Å². The van der Waals surface area contributed by atoms with E-state index in [1.165, 1.54) is 19.6 Å². The summed E-state index contributed by atoms with van der Waals surface area (Å²) in [6, 6.07) is 1.59. The maximum Gasteiger partial charge on any atom is 0.341 e. The summed E-state index contributed by atoms with van der Waals surface area (Å²) in [5.41, 5.74) is 0.366. The molecule has 0 atom stereocenters. The molecule has 7 heteroatoms. The zero-order chi connectivity index (χ0) is 13.6. The fraction of sp³-hybridized carbons (Fsp3) is 0.545. The lowest BCUT2D eigenvalue weighted by molar-refractivity contribution is 0.0600. The van der Waals surface area contributed by atoms with Crippen LogP contribution < -0.4 is 5.32 Å². The van der Waals surface area contributed by atoms with Gasteiger partial charge in [-0.2, -0.15) is 0 Å². The predicted octanol–water partition coefficient (Wildman–Crippen LogP) is 0.591. The first-order chi connectivity index (χ1) is 8.42. The molecule has 0 saturated heterocycles. The molecule has 102 valence electrons. The molecule has 1 rings (SSSR count). The van der Waals surface area contributed by atoms with E-state index in [1.54, 1.807) is 6.07 Å². The van der Waals surface area contributed by atoms with Crippen LogP contribution in [0.25, 0.3) is 0 Å². The first kappa shape index (κ1) is 14.7. The van der Waals surface area contributed by atoms with Gasteiger partial charge >= 0.3 is 5.97 Å². The minimum Gasteiger partial charge on any atom is -0.467 e. The summed E-state index contributed by atoms with van der Waals surface area (Å²) in [5.74, 6) is 0.322. The van der Waals surface area contributed by atoms with Gasteiger partial charge in [0.25, 0.3) is 0 Å². The van der Waals surface area contributed by atoms with Crippen LogP contribution >= 0.6 is 0 Å². The predicted molar refractivity (Wildman–Crippen MR) is 66.1 cm³/mol. The van der Waals surface area contributed by atoms with E-state index >= 15 is 0 Å². The number of furan rings is 1. The number of rotatable bonds is 7. The number of ether oxygens (including phenoxy) is 1. The molecule has 1 aromatic rings. The number of methoxy groups -OCH3 is 1. The highest BCUT2D eigenvalue weighted by Crippen LogP contribution is 2.08. The third-order valence-corrected chi connectivity index (χ3v) is 3.27. The highest BCUT2D eigenvalue weighted by Gasteiger charge is 2.09. The van der Waals surface area contributed by atoms with Crippen LogP contribution in [0.3, 0.4) is 0 Å². The van der Waals surface area contributed by atoms with Crippen LogP contribution in [0.4, 0.5) is 0 Å². The second kappa shape index (κ2) is 6.55. The zero-order valence-corrected chi connectivity index (χ0v) is 11.2. The van der Waals surface area contributed by atoms with Crippen LogP contribution in [0, 0.1) is 0 Å². The Hall–Kier alpha value is -1.34. The average molecular weight is 275 g/mol. The molecule has 0 fully saturated rings. The molecule has 0 unspecified atom stereocenters. The molecule has 18 heavy (non-hydrogen) atoms. The Labute approximate surface area is 106 Å². The van der Waals surface area contributed by atoms with Crippen LogP contribution in [0.1, 0.15) is 22.5 Å². The van der Waals surface area contributed by atoms with Gasteiger partial charge < -0.3 is 14.5 Å². The van der Waals surface area contributed by atoms with Crippen LogP contribution in [-0.4, -0.2) is 40.1 Å². The van der Waals surface area contributed by atoms with Crippen molar-refractivity contribution in [2.45, 2.75) is 13.0 Å². The van der Waals surface area contributed by atoms with Gasteiger partial charge in [0.1, 0.15) is 21.9 Å². The lowest BCUT2D eigenvalue weighted by Crippen LogP contribution is -2.17. The van der Waals surface area contributed by atoms with Crippen molar-refractivity contribution in [3.63, 3.8) is 0 Å². The molecule has 0 aromatic carbocycles.